The molecule has 4 heteroatoms. The number of rotatable bonds is 4. The highest BCUT2D eigenvalue weighted by Gasteiger charge is 2.06. The van der Waals surface area contributed by atoms with Crippen LogP contribution in [0.5, 0.6) is 5.75 Å². The van der Waals surface area contributed by atoms with E-state index in [0.717, 1.165) is 18.1 Å². The van der Waals surface area contributed by atoms with Crippen LogP contribution in [0.1, 0.15) is 18.4 Å². The number of hydrogen-bond donors (Lipinski definition) is 0. The summed E-state index contributed by atoms with van der Waals surface area (Å²) in [6, 6.07) is 6.12. The first-order valence-corrected chi connectivity index (χ1v) is 5.60. The number of benzene rings is 1. The lowest BCUT2D eigenvalue weighted by atomic mass is 10.3. The second-order valence-electron chi connectivity index (χ2n) is 3.81. The zero-order valence-corrected chi connectivity index (χ0v) is 9.98. The van der Waals surface area contributed by atoms with Gasteiger partial charge in [0.05, 0.1) is 0 Å². The van der Waals surface area contributed by atoms with E-state index in [2.05, 4.69) is 16.5 Å². The SMILES string of the molecule is CCn1c(C)cnc1COc1cccc(F)c1. The highest BCUT2D eigenvalue weighted by Crippen LogP contribution is 2.14. The Morgan fingerprint density at radius 3 is 2.94 bits per heavy atom. The molecule has 0 aliphatic rings. The Morgan fingerprint density at radius 2 is 2.24 bits per heavy atom. The number of halogens is 1. The van der Waals surface area contributed by atoms with Gasteiger partial charge in [-0.15, -0.1) is 0 Å². The molecule has 1 heterocycles. The third-order valence-electron chi connectivity index (χ3n) is 2.62. The van der Waals surface area contributed by atoms with Gasteiger partial charge in [-0.25, -0.2) is 9.37 Å². The number of aromatic nitrogens is 2. The van der Waals surface area contributed by atoms with Gasteiger partial charge in [0.1, 0.15) is 24.0 Å². The van der Waals surface area contributed by atoms with Crippen LogP contribution in [0.4, 0.5) is 4.39 Å². The summed E-state index contributed by atoms with van der Waals surface area (Å²) in [5, 5.41) is 0. The summed E-state index contributed by atoms with van der Waals surface area (Å²) in [4.78, 5) is 4.27. The maximum atomic E-state index is 12.9. The molecule has 17 heavy (non-hydrogen) atoms. The highest BCUT2D eigenvalue weighted by molar-refractivity contribution is 5.22. The van der Waals surface area contributed by atoms with Gasteiger partial charge in [-0.3, -0.25) is 0 Å². The summed E-state index contributed by atoms with van der Waals surface area (Å²) in [5.74, 6) is 1.08. The van der Waals surface area contributed by atoms with Gasteiger partial charge in [0, 0.05) is 24.5 Å². The molecule has 0 bridgehead atoms. The van der Waals surface area contributed by atoms with Crippen molar-refractivity contribution in [2.45, 2.75) is 27.0 Å². The minimum Gasteiger partial charge on any atom is -0.486 e. The first-order chi connectivity index (χ1) is 8.20. The Morgan fingerprint density at radius 1 is 1.41 bits per heavy atom. The lowest BCUT2D eigenvalue weighted by Crippen LogP contribution is -2.07. The minimum absolute atomic E-state index is 0.294. The van der Waals surface area contributed by atoms with Crippen LogP contribution in [0.2, 0.25) is 0 Å². The van der Waals surface area contributed by atoms with Crippen LogP contribution in [-0.4, -0.2) is 9.55 Å². The summed E-state index contributed by atoms with van der Waals surface area (Å²) in [7, 11) is 0. The third-order valence-corrected chi connectivity index (χ3v) is 2.62. The van der Waals surface area contributed by atoms with E-state index in [1.807, 2.05) is 13.1 Å². The van der Waals surface area contributed by atoms with E-state index in [-0.39, 0.29) is 5.82 Å². The number of nitrogens with zero attached hydrogens (tertiary/aromatic N) is 2. The fourth-order valence-electron chi connectivity index (χ4n) is 1.76. The van der Waals surface area contributed by atoms with Crippen LogP contribution in [0.15, 0.2) is 30.5 Å². The maximum absolute atomic E-state index is 12.9. The van der Waals surface area contributed by atoms with Gasteiger partial charge in [-0.2, -0.15) is 0 Å². The molecule has 2 rings (SSSR count). The van der Waals surface area contributed by atoms with Crippen LogP contribution in [0.25, 0.3) is 0 Å². The molecule has 0 radical (unpaired) electrons. The van der Waals surface area contributed by atoms with E-state index in [0.29, 0.717) is 12.4 Å². The molecule has 0 saturated heterocycles. The molecule has 0 N–H and O–H groups in total. The molecule has 0 atom stereocenters. The Bertz CT molecular complexity index is 508. The fourth-order valence-corrected chi connectivity index (χ4v) is 1.76. The molecular weight excluding hydrogens is 219 g/mol. The monoisotopic (exact) mass is 234 g/mol. The zero-order valence-electron chi connectivity index (χ0n) is 9.98. The molecule has 0 saturated carbocycles. The van der Waals surface area contributed by atoms with Gasteiger partial charge in [0.2, 0.25) is 0 Å². The number of imidazole rings is 1. The van der Waals surface area contributed by atoms with Crippen molar-refractivity contribution in [2.75, 3.05) is 0 Å². The molecule has 0 amide bonds. The molecule has 2 aromatic rings. The van der Waals surface area contributed by atoms with Crippen molar-refractivity contribution >= 4 is 0 Å². The van der Waals surface area contributed by atoms with E-state index in [4.69, 9.17) is 4.74 Å². The summed E-state index contributed by atoms with van der Waals surface area (Å²) < 4.78 is 20.5. The van der Waals surface area contributed by atoms with Crippen LogP contribution < -0.4 is 4.74 Å². The Hall–Kier alpha value is -1.84. The van der Waals surface area contributed by atoms with Crippen LogP contribution in [0, 0.1) is 12.7 Å². The summed E-state index contributed by atoms with van der Waals surface area (Å²) in [6.07, 6.45) is 1.81. The van der Waals surface area contributed by atoms with Crippen molar-refractivity contribution < 1.29 is 9.13 Å². The van der Waals surface area contributed by atoms with Gasteiger partial charge in [0.25, 0.3) is 0 Å². The molecule has 0 aliphatic heterocycles. The number of aryl methyl sites for hydroxylation is 1. The average Bonchev–Trinajstić information content (AvgIpc) is 2.67. The van der Waals surface area contributed by atoms with Crippen LogP contribution >= 0.6 is 0 Å². The van der Waals surface area contributed by atoms with Crippen molar-refractivity contribution in [1.82, 2.24) is 9.55 Å². The topological polar surface area (TPSA) is 27.1 Å². The van der Waals surface area contributed by atoms with E-state index in [1.165, 1.54) is 12.1 Å². The van der Waals surface area contributed by atoms with Gasteiger partial charge >= 0.3 is 0 Å². The molecule has 90 valence electrons. The third kappa shape index (κ3) is 2.64. The average molecular weight is 234 g/mol. The Kier molecular flexibility index (Phi) is 3.42. The fraction of sp³-hybridized carbons (Fsp3) is 0.308. The Balaban J connectivity index is 2.07. The molecular formula is C13H15FN2O. The van der Waals surface area contributed by atoms with Gasteiger partial charge in [0.15, 0.2) is 0 Å². The number of ether oxygens (including phenoxy) is 1. The summed E-state index contributed by atoms with van der Waals surface area (Å²) >= 11 is 0. The lowest BCUT2D eigenvalue weighted by Gasteiger charge is -2.08. The van der Waals surface area contributed by atoms with Gasteiger partial charge < -0.3 is 9.30 Å². The molecule has 0 unspecified atom stereocenters. The quantitative estimate of drug-likeness (QED) is 0.813. The van der Waals surface area contributed by atoms with Crippen molar-refractivity contribution in [3.8, 4) is 5.75 Å². The normalized spacial score (nSPS) is 10.5. The predicted molar refractivity (Wildman–Crippen MR) is 63.4 cm³/mol. The first kappa shape index (κ1) is 11.6. The van der Waals surface area contributed by atoms with Gasteiger partial charge in [-0.1, -0.05) is 6.07 Å². The van der Waals surface area contributed by atoms with Crippen LogP contribution in [-0.2, 0) is 13.2 Å². The van der Waals surface area contributed by atoms with Crippen molar-refractivity contribution in [3.05, 3.63) is 47.8 Å². The molecule has 0 fully saturated rings. The van der Waals surface area contributed by atoms with Gasteiger partial charge in [-0.05, 0) is 26.0 Å². The molecule has 1 aromatic carbocycles. The second kappa shape index (κ2) is 4.99. The lowest BCUT2D eigenvalue weighted by molar-refractivity contribution is 0.288. The maximum Gasteiger partial charge on any atom is 0.146 e. The van der Waals surface area contributed by atoms with E-state index in [9.17, 15) is 4.39 Å². The standard InChI is InChI=1S/C13H15FN2O/c1-3-16-10(2)8-15-13(16)9-17-12-6-4-5-11(14)7-12/h4-8H,3,9H2,1-2H3. The zero-order chi connectivity index (χ0) is 12.3. The Labute approximate surface area is 99.9 Å². The largest absolute Gasteiger partial charge is 0.486 e. The molecule has 0 aliphatic carbocycles. The smallest absolute Gasteiger partial charge is 0.146 e. The van der Waals surface area contributed by atoms with E-state index < -0.39 is 0 Å². The van der Waals surface area contributed by atoms with Crippen molar-refractivity contribution in [3.63, 3.8) is 0 Å². The second-order valence-corrected chi connectivity index (χ2v) is 3.81. The van der Waals surface area contributed by atoms with Crippen molar-refractivity contribution in [1.29, 1.82) is 0 Å². The van der Waals surface area contributed by atoms with E-state index in [1.54, 1.807) is 12.1 Å². The van der Waals surface area contributed by atoms with Crippen LogP contribution in [0.3, 0.4) is 0 Å². The number of hydrogen-bond acceptors (Lipinski definition) is 2. The predicted octanol–water partition coefficient (Wildman–Crippen LogP) is 2.93. The highest BCUT2D eigenvalue weighted by atomic mass is 19.1. The molecule has 0 spiro atoms. The summed E-state index contributed by atoms with van der Waals surface area (Å²) in [5.41, 5.74) is 1.10. The molecule has 1 aromatic heterocycles. The minimum atomic E-state index is -0.294. The first-order valence-electron chi connectivity index (χ1n) is 5.60. The van der Waals surface area contributed by atoms with E-state index >= 15 is 0 Å². The summed E-state index contributed by atoms with van der Waals surface area (Å²) in [6.45, 7) is 5.27. The molecule has 3 nitrogen and oxygen atoms in total. The van der Waals surface area contributed by atoms with Crippen molar-refractivity contribution in [2.24, 2.45) is 0 Å².